The van der Waals surface area contributed by atoms with E-state index >= 15 is 0 Å². The van der Waals surface area contributed by atoms with E-state index in [1.54, 1.807) is 11.8 Å². The van der Waals surface area contributed by atoms with Gasteiger partial charge in [0.25, 0.3) is 0 Å². The van der Waals surface area contributed by atoms with Gasteiger partial charge in [-0.05, 0) is 19.4 Å². The van der Waals surface area contributed by atoms with Gasteiger partial charge in [0.15, 0.2) is 0 Å². The molecule has 1 saturated heterocycles. The van der Waals surface area contributed by atoms with Gasteiger partial charge in [0, 0.05) is 32.6 Å². The Morgan fingerprint density at radius 1 is 1.20 bits per heavy atom. The number of allylic oxidation sites excluding steroid dienone is 2. The van der Waals surface area contributed by atoms with Crippen molar-refractivity contribution >= 4 is 18.0 Å². The first kappa shape index (κ1) is 19.0. The Morgan fingerprint density at radius 3 is 2.48 bits per heavy atom. The molecule has 0 spiro atoms. The van der Waals surface area contributed by atoms with Crippen LogP contribution >= 0.6 is 0 Å². The Morgan fingerprint density at radius 2 is 1.88 bits per heavy atom. The summed E-state index contributed by atoms with van der Waals surface area (Å²) in [7, 11) is 1.32. The Balaban J connectivity index is 1.86. The van der Waals surface area contributed by atoms with Gasteiger partial charge >= 0.3 is 12.1 Å². The topological polar surface area (TPSA) is 88.2 Å². The minimum atomic E-state index is -0.425. The fourth-order valence-corrected chi connectivity index (χ4v) is 2.87. The fraction of sp³-hybridized carbons (Fsp3) is 0.588. The van der Waals surface area contributed by atoms with E-state index in [9.17, 15) is 14.4 Å². The highest BCUT2D eigenvalue weighted by Gasteiger charge is 2.26. The maximum absolute atomic E-state index is 12.3. The van der Waals surface area contributed by atoms with Crippen molar-refractivity contribution in [2.75, 3.05) is 46.4 Å². The van der Waals surface area contributed by atoms with E-state index in [0.717, 1.165) is 5.57 Å². The highest BCUT2D eigenvalue weighted by Crippen LogP contribution is 2.24. The molecule has 8 heteroatoms. The largest absolute Gasteiger partial charge is 0.466 e. The van der Waals surface area contributed by atoms with Crippen molar-refractivity contribution < 1.29 is 23.9 Å². The van der Waals surface area contributed by atoms with Crippen molar-refractivity contribution in [3.63, 3.8) is 0 Å². The van der Waals surface area contributed by atoms with Crippen LogP contribution in [-0.4, -0.2) is 74.2 Å². The van der Waals surface area contributed by atoms with Crippen LogP contribution in [0.5, 0.6) is 0 Å². The lowest BCUT2D eigenvalue weighted by Gasteiger charge is -2.33. The van der Waals surface area contributed by atoms with Crippen LogP contribution in [0.2, 0.25) is 0 Å². The van der Waals surface area contributed by atoms with E-state index < -0.39 is 5.97 Å². The third-order valence-electron chi connectivity index (χ3n) is 4.27. The Hall–Kier alpha value is -2.35. The first-order chi connectivity index (χ1) is 12.0. The summed E-state index contributed by atoms with van der Waals surface area (Å²) in [5, 5.41) is 2.82. The predicted octanol–water partition coefficient (Wildman–Crippen LogP) is 0.654. The molecule has 2 aliphatic rings. The zero-order valence-electron chi connectivity index (χ0n) is 15.0. The molecule has 1 heterocycles. The summed E-state index contributed by atoms with van der Waals surface area (Å²) >= 11 is 0. The summed E-state index contributed by atoms with van der Waals surface area (Å²) in [5.41, 5.74) is 1.88. The summed E-state index contributed by atoms with van der Waals surface area (Å²) < 4.78 is 9.73. The molecule has 1 aliphatic carbocycles. The smallest absolute Gasteiger partial charge is 0.409 e. The quantitative estimate of drug-likeness (QED) is 0.732. The lowest BCUT2D eigenvalue weighted by molar-refractivity contribution is -0.136. The van der Waals surface area contributed by atoms with Crippen molar-refractivity contribution in [1.29, 1.82) is 0 Å². The standard InChI is InChI=1S/C17H25N3O5/c1-4-25-17(23)20-9-7-19(8-10-20)11-14(21)18-15-12(2)5-6-13(15)16(22)24-3/h5H,4,6-11H2,1-3H3,(H,18,21). The van der Waals surface area contributed by atoms with Crippen LogP contribution in [0.3, 0.4) is 0 Å². The minimum absolute atomic E-state index is 0.185. The highest BCUT2D eigenvalue weighted by molar-refractivity contribution is 5.93. The molecule has 0 aromatic rings. The summed E-state index contributed by atoms with van der Waals surface area (Å²) in [5.74, 6) is -0.609. The van der Waals surface area contributed by atoms with Crippen LogP contribution in [-0.2, 0) is 19.1 Å². The molecule has 2 rings (SSSR count). The predicted molar refractivity (Wildman–Crippen MR) is 90.6 cm³/mol. The van der Waals surface area contributed by atoms with Crippen LogP contribution < -0.4 is 5.32 Å². The molecule has 0 saturated carbocycles. The van der Waals surface area contributed by atoms with Gasteiger partial charge in [-0.1, -0.05) is 6.08 Å². The molecule has 0 aromatic carbocycles. The molecule has 138 valence electrons. The molecule has 0 bridgehead atoms. The molecule has 0 aromatic heterocycles. The number of rotatable bonds is 5. The Labute approximate surface area is 147 Å². The lowest BCUT2D eigenvalue weighted by atomic mass is 10.2. The fourth-order valence-electron chi connectivity index (χ4n) is 2.87. The summed E-state index contributed by atoms with van der Waals surface area (Å²) in [4.78, 5) is 39.4. The van der Waals surface area contributed by atoms with Crippen LogP contribution in [0.15, 0.2) is 22.9 Å². The van der Waals surface area contributed by atoms with Crippen molar-refractivity contribution in [3.05, 3.63) is 22.9 Å². The van der Waals surface area contributed by atoms with Crippen LogP contribution in [0.1, 0.15) is 20.3 Å². The number of methoxy groups -OCH3 is 1. The number of piperazine rings is 1. The Bertz CT molecular complexity index is 603. The molecular formula is C17H25N3O5. The maximum atomic E-state index is 12.3. The van der Waals surface area contributed by atoms with Gasteiger partial charge in [-0.15, -0.1) is 0 Å². The molecule has 1 N–H and O–H groups in total. The van der Waals surface area contributed by atoms with Gasteiger partial charge in [0.05, 0.1) is 31.5 Å². The van der Waals surface area contributed by atoms with E-state index in [1.807, 2.05) is 17.9 Å². The zero-order valence-corrected chi connectivity index (χ0v) is 15.0. The molecule has 0 radical (unpaired) electrons. The number of ether oxygens (including phenoxy) is 2. The van der Waals surface area contributed by atoms with Crippen molar-refractivity contribution in [2.24, 2.45) is 0 Å². The number of hydrogen-bond donors (Lipinski definition) is 1. The van der Waals surface area contributed by atoms with Crippen LogP contribution in [0.4, 0.5) is 4.79 Å². The first-order valence-electron chi connectivity index (χ1n) is 8.38. The summed E-state index contributed by atoms with van der Waals surface area (Å²) in [6.45, 7) is 6.45. The number of nitrogens with one attached hydrogen (secondary N) is 1. The van der Waals surface area contributed by atoms with Crippen LogP contribution in [0.25, 0.3) is 0 Å². The normalized spacial score (nSPS) is 18.0. The summed E-state index contributed by atoms with van der Waals surface area (Å²) in [6.07, 6.45) is 2.04. The van der Waals surface area contributed by atoms with Gasteiger partial charge in [0.2, 0.25) is 5.91 Å². The maximum Gasteiger partial charge on any atom is 0.409 e. The number of hydrogen-bond acceptors (Lipinski definition) is 6. The molecule has 0 atom stereocenters. The second-order valence-electron chi connectivity index (χ2n) is 5.95. The average Bonchev–Trinajstić information content (AvgIpc) is 2.95. The van der Waals surface area contributed by atoms with Gasteiger partial charge in [-0.25, -0.2) is 9.59 Å². The molecule has 0 unspecified atom stereocenters. The van der Waals surface area contributed by atoms with Crippen molar-refractivity contribution in [1.82, 2.24) is 15.1 Å². The van der Waals surface area contributed by atoms with Gasteiger partial charge in [0.1, 0.15) is 0 Å². The molecule has 1 fully saturated rings. The number of amides is 2. The number of nitrogens with zero attached hydrogens (tertiary/aromatic N) is 2. The van der Waals surface area contributed by atoms with Gasteiger partial charge < -0.3 is 19.7 Å². The number of carbonyl (C=O) groups excluding carboxylic acids is 3. The molecule has 25 heavy (non-hydrogen) atoms. The SMILES string of the molecule is CCOC(=O)N1CCN(CC(=O)NC2=C(C(=O)OC)CC=C2C)CC1. The molecule has 8 nitrogen and oxygen atoms in total. The van der Waals surface area contributed by atoms with E-state index in [2.05, 4.69) is 5.32 Å². The highest BCUT2D eigenvalue weighted by atomic mass is 16.6. The lowest BCUT2D eigenvalue weighted by Crippen LogP contribution is -2.51. The van der Waals surface area contributed by atoms with E-state index in [0.29, 0.717) is 50.5 Å². The number of esters is 1. The third kappa shape index (κ3) is 4.82. The monoisotopic (exact) mass is 351 g/mol. The van der Waals surface area contributed by atoms with Crippen molar-refractivity contribution in [2.45, 2.75) is 20.3 Å². The summed E-state index contributed by atoms with van der Waals surface area (Å²) in [6, 6.07) is 0. The van der Waals surface area contributed by atoms with Gasteiger partial charge in [-0.2, -0.15) is 0 Å². The molecule has 2 amide bonds. The zero-order chi connectivity index (χ0) is 18.4. The minimum Gasteiger partial charge on any atom is -0.466 e. The van der Waals surface area contributed by atoms with E-state index in [-0.39, 0.29) is 18.5 Å². The van der Waals surface area contributed by atoms with Gasteiger partial charge in [-0.3, -0.25) is 9.69 Å². The molecule has 1 aliphatic heterocycles. The van der Waals surface area contributed by atoms with Crippen molar-refractivity contribution in [3.8, 4) is 0 Å². The second-order valence-corrected chi connectivity index (χ2v) is 5.95. The average molecular weight is 351 g/mol. The molecular weight excluding hydrogens is 326 g/mol. The van der Waals surface area contributed by atoms with E-state index in [1.165, 1.54) is 7.11 Å². The third-order valence-corrected chi connectivity index (χ3v) is 4.27. The van der Waals surface area contributed by atoms with Crippen LogP contribution in [0, 0.1) is 0 Å². The number of carbonyl (C=O) groups is 3. The second kappa shape index (κ2) is 8.66. The van der Waals surface area contributed by atoms with E-state index in [4.69, 9.17) is 9.47 Å². The first-order valence-corrected chi connectivity index (χ1v) is 8.38. The Kier molecular flexibility index (Phi) is 6.58.